The van der Waals surface area contributed by atoms with Crippen LogP contribution in [0.2, 0.25) is 0 Å². The van der Waals surface area contributed by atoms with Gasteiger partial charge in [0.1, 0.15) is 11.6 Å². The predicted octanol–water partition coefficient (Wildman–Crippen LogP) is 3.45. The Labute approximate surface area is 173 Å². The lowest BCUT2D eigenvalue weighted by molar-refractivity contribution is -0.386. The molecule has 0 fully saturated rings. The van der Waals surface area contributed by atoms with Crippen LogP contribution in [0.15, 0.2) is 46.4 Å². The number of rotatable bonds is 7. The molecule has 0 saturated heterocycles. The van der Waals surface area contributed by atoms with Gasteiger partial charge in [-0.3, -0.25) is 15.1 Å². The van der Waals surface area contributed by atoms with Crippen molar-refractivity contribution in [3.8, 4) is 11.5 Å². The Morgan fingerprint density at radius 3 is 2.87 bits per heavy atom. The molecule has 0 saturated carbocycles. The van der Waals surface area contributed by atoms with Crippen LogP contribution >= 0.6 is 0 Å². The van der Waals surface area contributed by atoms with E-state index in [4.69, 9.17) is 4.74 Å². The van der Waals surface area contributed by atoms with Crippen LogP contribution in [0.25, 0.3) is 0 Å². The summed E-state index contributed by atoms with van der Waals surface area (Å²) in [6.07, 6.45) is 2.19. The number of nitro benzene ring substituents is 1. The van der Waals surface area contributed by atoms with E-state index in [1.54, 1.807) is 37.5 Å². The molecular formula is C20H20N4O5S. The van der Waals surface area contributed by atoms with E-state index >= 15 is 0 Å². The third kappa shape index (κ3) is 3.90. The molecule has 156 valence electrons. The van der Waals surface area contributed by atoms with E-state index in [2.05, 4.69) is 9.98 Å². The Bertz CT molecular complexity index is 1170. The summed E-state index contributed by atoms with van der Waals surface area (Å²) >= 11 is 0. The second-order valence-electron chi connectivity index (χ2n) is 7.04. The fourth-order valence-corrected chi connectivity index (χ4v) is 5.01. The van der Waals surface area contributed by atoms with Crippen molar-refractivity contribution < 1.29 is 18.1 Å². The SMILES string of the molecule is CCCS(=O)(=O)Cc1cccc(Oc2ccc3c(c2)C2=NCCN2C=N3)c1[N+](=O)[O-]. The van der Waals surface area contributed by atoms with Gasteiger partial charge in [0, 0.05) is 17.7 Å². The number of amidine groups is 1. The zero-order valence-electron chi connectivity index (χ0n) is 16.3. The molecule has 4 rings (SSSR count). The van der Waals surface area contributed by atoms with Crippen LogP contribution in [0.5, 0.6) is 11.5 Å². The number of sulfone groups is 1. The molecule has 0 unspecified atom stereocenters. The molecule has 0 atom stereocenters. The van der Waals surface area contributed by atoms with Crippen LogP contribution in [-0.4, -0.2) is 49.3 Å². The molecule has 2 aromatic rings. The number of hydrogen-bond acceptors (Lipinski definition) is 8. The molecule has 2 aliphatic heterocycles. The molecule has 2 heterocycles. The highest BCUT2D eigenvalue weighted by Crippen LogP contribution is 2.37. The minimum Gasteiger partial charge on any atom is -0.450 e. The van der Waals surface area contributed by atoms with Crippen molar-refractivity contribution >= 4 is 33.4 Å². The minimum atomic E-state index is -3.45. The van der Waals surface area contributed by atoms with E-state index in [-0.39, 0.29) is 22.8 Å². The monoisotopic (exact) mass is 428 g/mol. The molecule has 30 heavy (non-hydrogen) atoms. The van der Waals surface area contributed by atoms with Gasteiger partial charge in [0.25, 0.3) is 0 Å². The standard InChI is InChI=1S/C20H20N4O5S/c1-2-10-30(27,28)12-14-4-3-5-18(19(14)24(25)26)29-15-6-7-17-16(11-15)20-21-8-9-23(20)13-22-17/h3-7,11,13H,2,8-10,12H2,1H3. The van der Waals surface area contributed by atoms with Crippen molar-refractivity contribution in [2.24, 2.45) is 9.98 Å². The lowest BCUT2D eigenvalue weighted by atomic mass is 10.1. The van der Waals surface area contributed by atoms with Gasteiger partial charge >= 0.3 is 5.69 Å². The lowest BCUT2D eigenvalue weighted by Crippen LogP contribution is -2.29. The zero-order valence-corrected chi connectivity index (χ0v) is 17.1. The van der Waals surface area contributed by atoms with Crippen LogP contribution in [0, 0.1) is 10.1 Å². The van der Waals surface area contributed by atoms with Gasteiger partial charge in [0.2, 0.25) is 5.75 Å². The average molecular weight is 428 g/mol. The Balaban J connectivity index is 1.69. The molecule has 9 nitrogen and oxygen atoms in total. The molecule has 0 aliphatic carbocycles. The van der Waals surface area contributed by atoms with Gasteiger partial charge in [-0.2, -0.15) is 0 Å². The van der Waals surface area contributed by atoms with E-state index in [1.165, 1.54) is 12.1 Å². The van der Waals surface area contributed by atoms with Gasteiger partial charge in [-0.15, -0.1) is 0 Å². The molecular weight excluding hydrogens is 408 g/mol. The van der Waals surface area contributed by atoms with Crippen LogP contribution < -0.4 is 4.74 Å². The summed E-state index contributed by atoms with van der Waals surface area (Å²) in [5.74, 6) is 0.739. The maximum absolute atomic E-state index is 12.2. The number of nitrogens with zero attached hydrogens (tertiary/aromatic N) is 4. The average Bonchev–Trinajstić information content (AvgIpc) is 3.17. The first kappa shape index (κ1) is 20.0. The Morgan fingerprint density at radius 2 is 2.10 bits per heavy atom. The van der Waals surface area contributed by atoms with Crippen molar-refractivity contribution in [2.45, 2.75) is 19.1 Å². The van der Waals surface area contributed by atoms with Crippen molar-refractivity contribution in [1.82, 2.24) is 4.90 Å². The fourth-order valence-electron chi connectivity index (χ4n) is 3.54. The molecule has 0 aromatic heterocycles. The molecule has 0 amide bonds. The van der Waals surface area contributed by atoms with E-state index in [0.29, 0.717) is 18.7 Å². The second-order valence-corrected chi connectivity index (χ2v) is 9.22. The molecule has 0 spiro atoms. The minimum absolute atomic E-state index is 0.00586. The summed E-state index contributed by atoms with van der Waals surface area (Å²) in [4.78, 5) is 22.0. The highest BCUT2D eigenvalue weighted by molar-refractivity contribution is 7.90. The van der Waals surface area contributed by atoms with Crippen molar-refractivity contribution in [3.05, 3.63) is 57.6 Å². The quantitative estimate of drug-likeness (QED) is 0.493. The van der Waals surface area contributed by atoms with E-state index in [9.17, 15) is 18.5 Å². The second kappa shape index (κ2) is 7.86. The number of ether oxygens (including phenoxy) is 1. The van der Waals surface area contributed by atoms with Crippen molar-refractivity contribution in [1.29, 1.82) is 0 Å². The maximum atomic E-state index is 12.2. The number of fused-ring (bicyclic) bond motifs is 3. The van der Waals surface area contributed by atoms with Gasteiger partial charge < -0.3 is 9.64 Å². The van der Waals surface area contributed by atoms with Gasteiger partial charge in [-0.05, 0) is 30.7 Å². The lowest BCUT2D eigenvalue weighted by Gasteiger charge is -2.21. The fraction of sp³-hybridized carbons (Fsp3) is 0.300. The molecule has 0 bridgehead atoms. The summed E-state index contributed by atoms with van der Waals surface area (Å²) in [5, 5.41) is 11.7. The summed E-state index contributed by atoms with van der Waals surface area (Å²) in [5.41, 5.74) is 1.30. The third-order valence-electron chi connectivity index (χ3n) is 4.80. The van der Waals surface area contributed by atoms with Gasteiger partial charge in [0.05, 0.1) is 35.0 Å². The van der Waals surface area contributed by atoms with Crippen molar-refractivity contribution in [3.63, 3.8) is 0 Å². The van der Waals surface area contributed by atoms with E-state index < -0.39 is 20.5 Å². The molecule has 2 aromatic carbocycles. The van der Waals surface area contributed by atoms with Crippen LogP contribution in [0.4, 0.5) is 11.4 Å². The largest absolute Gasteiger partial charge is 0.450 e. The van der Waals surface area contributed by atoms with E-state index in [0.717, 1.165) is 23.6 Å². The zero-order chi connectivity index (χ0) is 21.3. The Hall–Kier alpha value is -3.27. The molecule has 10 heteroatoms. The first-order valence-electron chi connectivity index (χ1n) is 9.52. The first-order valence-corrected chi connectivity index (χ1v) is 11.3. The smallest absolute Gasteiger partial charge is 0.315 e. The topological polar surface area (TPSA) is 114 Å². The molecule has 2 aliphatic rings. The van der Waals surface area contributed by atoms with Gasteiger partial charge in [-0.1, -0.05) is 19.1 Å². The number of nitro groups is 1. The van der Waals surface area contributed by atoms with Crippen LogP contribution in [0.3, 0.4) is 0 Å². The van der Waals surface area contributed by atoms with Crippen molar-refractivity contribution in [2.75, 3.05) is 18.8 Å². The normalized spacial score (nSPS) is 14.8. The molecule has 0 radical (unpaired) electrons. The summed E-state index contributed by atoms with van der Waals surface area (Å²) in [7, 11) is -3.45. The number of aliphatic imine (C=N–C) groups is 2. The first-order chi connectivity index (χ1) is 14.4. The van der Waals surface area contributed by atoms with Crippen LogP contribution in [-0.2, 0) is 15.6 Å². The Kier molecular flexibility index (Phi) is 5.25. The maximum Gasteiger partial charge on any atom is 0.315 e. The van der Waals surface area contributed by atoms with Gasteiger partial charge in [-0.25, -0.2) is 13.4 Å². The third-order valence-corrected chi connectivity index (χ3v) is 6.58. The summed E-state index contributed by atoms with van der Waals surface area (Å²) in [6, 6.07) is 9.65. The predicted molar refractivity (Wildman–Crippen MR) is 114 cm³/mol. The highest BCUT2D eigenvalue weighted by atomic mass is 32.2. The number of hydrogen-bond donors (Lipinski definition) is 0. The number of benzene rings is 2. The summed E-state index contributed by atoms with van der Waals surface area (Å²) < 4.78 is 30.3. The Morgan fingerprint density at radius 1 is 1.27 bits per heavy atom. The highest BCUT2D eigenvalue weighted by Gasteiger charge is 2.27. The summed E-state index contributed by atoms with van der Waals surface area (Å²) in [6.45, 7) is 3.18. The molecule has 0 N–H and O–H groups in total. The van der Waals surface area contributed by atoms with Gasteiger partial charge in [0.15, 0.2) is 9.84 Å². The number of para-hydroxylation sites is 1. The van der Waals surface area contributed by atoms with E-state index in [1.807, 2.05) is 4.90 Å². The van der Waals surface area contributed by atoms with Crippen LogP contribution in [0.1, 0.15) is 24.5 Å².